The van der Waals surface area contributed by atoms with Gasteiger partial charge in [-0.1, -0.05) is 12.1 Å². The molecule has 0 bridgehead atoms. The number of phenols is 1. The van der Waals surface area contributed by atoms with Gasteiger partial charge in [-0.15, -0.1) is 0 Å². The molecule has 1 atom stereocenters. The standard InChI is InChI=1S/C9H11NO3/c10-8(9(12)13)5-6-2-1-3-7(11)4-6/h1-4,8,11H,5,10H2,(H,12,13)/t8-/m1/s1/i2D,4D,5D2,8D. The van der Waals surface area contributed by atoms with Gasteiger partial charge in [0.05, 0.1) is 4.11 Å². The van der Waals surface area contributed by atoms with Gasteiger partial charge in [0.15, 0.2) is 0 Å². The number of nitrogens with two attached hydrogens (primary N) is 1. The first kappa shape index (κ1) is 4.62. The SMILES string of the molecule is [2H]c1ccc(O)c([2H])c1C([2H])([2H])[C@@]([2H])(N)C(=O)O. The molecule has 70 valence electrons. The van der Waals surface area contributed by atoms with E-state index in [1.165, 1.54) is 0 Å². The van der Waals surface area contributed by atoms with E-state index >= 15 is 0 Å². The molecule has 0 saturated carbocycles. The lowest BCUT2D eigenvalue weighted by atomic mass is 10.1. The number of carboxylic acids is 1. The number of hydrogen-bond acceptors (Lipinski definition) is 3. The van der Waals surface area contributed by atoms with Gasteiger partial charge in [0, 0.05) is 2.74 Å². The number of aliphatic carboxylic acids is 1. The van der Waals surface area contributed by atoms with E-state index < -0.39 is 41.8 Å². The van der Waals surface area contributed by atoms with E-state index in [9.17, 15) is 9.90 Å². The summed E-state index contributed by atoms with van der Waals surface area (Å²) in [5, 5.41) is 18.1. The van der Waals surface area contributed by atoms with Crippen molar-refractivity contribution in [3.8, 4) is 5.75 Å². The van der Waals surface area contributed by atoms with E-state index in [2.05, 4.69) is 0 Å². The topological polar surface area (TPSA) is 83.5 Å². The molecule has 0 aliphatic carbocycles. The van der Waals surface area contributed by atoms with Crippen LogP contribution in [0.2, 0.25) is 0 Å². The van der Waals surface area contributed by atoms with Crippen molar-refractivity contribution in [2.75, 3.05) is 0 Å². The minimum absolute atomic E-state index is 0.508. The van der Waals surface area contributed by atoms with Crippen molar-refractivity contribution in [3.63, 3.8) is 0 Å². The molecule has 0 fully saturated rings. The van der Waals surface area contributed by atoms with E-state index in [4.69, 9.17) is 17.7 Å². The quantitative estimate of drug-likeness (QED) is 0.636. The fourth-order valence-electron chi connectivity index (χ4n) is 0.665. The summed E-state index contributed by atoms with van der Waals surface area (Å²) in [5.74, 6) is -2.55. The molecule has 4 heteroatoms. The van der Waals surface area contributed by atoms with Crippen molar-refractivity contribution < 1.29 is 21.9 Å². The number of benzene rings is 1. The van der Waals surface area contributed by atoms with Crippen molar-refractivity contribution in [3.05, 3.63) is 29.8 Å². The molecule has 0 aliphatic rings. The van der Waals surface area contributed by atoms with Crippen LogP contribution in [0, 0.1) is 0 Å². The first-order chi connectivity index (χ1) is 8.03. The first-order valence-electron chi connectivity index (χ1n) is 5.85. The average Bonchev–Trinajstić information content (AvgIpc) is 2.23. The Morgan fingerprint density at radius 1 is 1.92 bits per heavy atom. The number of rotatable bonds is 3. The highest BCUT2D eigenvalue weighted by Crippen LogP contribution is 2.11. The molecule has 0 spiro atoms. The Bertz CT molecular complexity index is 503. The summed E-state index contributed by atoms with van der Waals surface area (Å²) in [4.78, 5) is 10.8. The van der Waals surface area contributed by atoms with Crippen LogP contribution < -0.4 is 5.73 Å². The van der Waals surface area contributed by atoms with E-state index in [1.54, 1.807) is 0 Å². The Kier molecular flexibility index (Phi) is 1.39. The molecule has 4 N–H and O–H groups in total. The van der Waals surface area contributed by atoms with Gasteiger partial charge in [-0.25, -0.2) is 0 Å². The Labute approximate surface area is 82.6 Å². The molecule has 13 heavy (non-hydrogen) atoms. The molecule has 1 aromatic carbocycles. The fourth-order valence-corrected chi connectivity index (χ4v) is 0.665. The van der Waals surface area contributed by atoms with Gasteiger partial charge in [0.2, 0.25) is 0 Å². The summed E-state index contributed by atoms with van der Waals surface area (Å²) in [6.07, 6.45) is -3.01. The highest BCUT2D eigenvalue weighted by Gasteiger charge is 2.11. The molecular weight excluding hydrogens is 170 g/mol. The van der Waals surface area contributed by atoms with E-state index in [-0.39, 0.29) is 0 Å². The number of aromatic hydroxyl groups is 1. The van der Waals surface area contributed by atoms with Crippen molar-refractivity contribution in [1.29, 1.82) is 0 Å². The summed E-state index contributed by atoms with van der Waals surface area (Å²) in [6.45, 7) is 0. The maximum Gasteiger partial charge on any atom is 0.320 e. The summed E-state index contributed by atoms with van der Waals surface area (Å²) in [5.41, 5.74) is 4.37. The van der Waals surface area contributed by atoms with Crippen molar-refractivity contribution in [2.24, 2.45) is 5.73 Å². The second kappa shape index (κ2) is 3.91. The highest BCUT2D eigenvalue weighted by molar-refractivity contribution is 5.73. The fraction of sp³-hybridized carbons (Fsp3) is 0.222. The third-order valence-electron chi connectivity index (χ3n) is 1.21. The lowest BCUT2D eigenvalue weighted by Gasteiger charge is -2.05. The van der Waals surface area contributed by atoms with Gasteiger partial charge >= 0.3 is 5.97 Å². The third kappa shape index (κ3) is 2.76. The van der Waals surface area contributed by atoms with Crippen LogP contribution in [0.4, 0.5) is 0 Å². The molecule has 0 unspecified atom stereocenters. The van der Waals surface area contributed by atoms with Gasteiger partial charge in [0.1, 0.15) is 11.8 Å². The minimum atomic E-state index is -3.08. The molecule has 0 aromatic heterocycles. The predicted octanol–water partition coefficient (Wildman–Crippen LogP) is 0.347. The molecule has 1 rings (SSSR count). The zero-order valence-corrected chi connectivity index (χ0v) is 6.53. The zero-order chi connectivity index (χ0) is 14.3. The van der Waals surface area contributed by atoms with E-state index in [0.717, 1.165) is 12.1 Å². The van der Waals surface area contributed by atoms with Gasteiger partial charge in [-0.2, -0.15) is 0 Å². The largest absolute Gasteiger partial charge is 0.508 e. The molecular formula is C9H11NO3. The smallest absolute Gasteiger partial charge is 0.320 e. The Hall–Kier alpha value is -1.55. The van der Waals surface area contributed by atoms with Crippen LogP contribution in [0.15, 0.2) is 24.2 Å². The second-order valence-corrected chi connectivity index (χ2v) is 2.21. The predicted molar refractivity (Wildman–Crippen MR) is 47.4 cm³/mol. The maximum absolute atomic E-state index is 10.8. The molecule has 1 aromatic rings. The average molecular weight is 186 g/mol. The van der Waals surface area contributed by atoms with Crippen molar-refractivity contribution in [1.82, 2.24) is 0 Å². The summed E-state index contributed by atoms with van der Waals surface area (Å²) >= 11 is 0. The molecule has 0 aliphatic heterocycles. The van der Waals surface area contributed by atoms with Crippen molar-refractivity contribution >= 4 is 5.97 Å². The lowest BCUT2D eigenvalue weighted by Crippen LogP contribution is -2.32. The van der Waals surface area contributed by atoms with Gasteiger partial charge < -0.3 is 15.9 Å². The molecule has 0 amide bonds. The molecule has 0 radical (unpaired) electrons. The Morgan fingerprint density at radius 2 is 2.62 bits per heavy atom. The monoisotopic (exact) mass is 186 g/mol. The van der Waals surface area contributed by atoms with Crippen LogP contribution in [-0.2, 0) is 11.2 Å². The van der Waals surface area contributed by atoms with E-state index in [1.807, 2.05) is 0 Å². The van der Waals surface area contributed by atoms with Crippen LogP contribution in [0.5, 0.6) is 5.75 Å². The molecule has 4 nitrogen and oxygen atoms in total. The van der Waals surface area contributed by atoms with Crippen LogP contribution >= 0.6 is 0 Å². The first-order valence-corrected chi connectivity index (χ1v) is 3.35. The van der Waals surface area contributed by atoms with Crippen LogP contribution in [0.3, 0.4) is 0 Å². The summed E-state index contributed by atoms with van der Waals surface area (Å²) in [6, 6.07) is -2.33. The van der Waals surface area contributed by atoms with Crippen LogP contribution in [-0.4, -0.2) is 22.2 Å². The zero-order valence-electron chi connectivity index (χ0n) is 11.5. The van der Waals surface area contributed by atoms with Crippen molar-refractivity contribution in [2.45, 2.75) is 12.4 Å². The van der Waals surface area contributed by atoms with Crippen LogP contribution in [0.25, 0.3) is 0 Å². The molecule has 0 heterocycles. The van der Waals surface area contributed by atoms with Gasteiger partial charge in [-0.05, 0) is 24.0 Å². The van der Waals surface area contributed by atoms with Gasteiger partial charge in [-0.3, -0.25) is 4.79 Å². The minimum Gasteiger partial charge on any atom is -0.508 e. The summed E-state index contributed by atoms with van der Waals surface area (Å²) in [7, 11) is 0. The third-order valence-corrected chi connectivity index (χ3v) is 1.21. The Morgan fingerprint density at radius 3 is 3.23 bits per heavy atom. The van der Waals surface area contributed by atoms with E-state index in [0.29, 0.717) is 0 Å². The summed E-state index contributed by atoms with van der Waals surface area (Å²) < 4.78 is 37.5. The second-order valence-electron chi connectivity index (χ2n) is 2.21. The number of phenolic OH excluding ortho intramolecular Hbond substituents is 1. The lowest BCUT2D eigenvalue weighted by molar-refractivity contribution is -0.138. The molecule has 0 saturated heterocycles. The highest BCUT2D eigenvalue weighted by atomic mass is 16.4. The number of hydrogen-bond donors (Lipinski definition) is 3. The Balaban J connectivity index is 3.56. The normalized spacial score (nSPS) is 21.5. The van der Waals surface area contributed by atoms with Gasteiger partial charge in [0.25, 0.3) is 0 Å². The number of carbonyl (C=O) groups is 1. The van der Waals surface area contributed by atoms with Crippen LogP contribution in [0.1, 0.15) is 12.4 Å². The number of carboxylic acid groups (broad SMARTS) is 1. The maximum atomic E-state index is 10.8.